The molecule has 78 valence electrons. The first-order chi connectivity index (χ1) is 6.77. The number of rotatable bonds is 5. The standard InChI is InChI=1S/C10H15NO2S/c1-3-14-7-10(12)8-4-9(13-2)6-11-5-8/h4-6,10,12H,3,7H2,1-2H3. The first-order valence-electron chi connectivity index (χ1n) is 4.52. The van der Waals surface area contributed by atoms with E-state index in [1.54, 1.807) is 31.3 Å². The fourth-order valence-corrected chi connectivity index (χ4v) is 1.71. The zero-order valence-corrected chi connectivity index (χ0v) is 9.25. The third-order valence-electron chi connectivity index (χ3n) is 1.83. The molecule has 0 aliphatic rings. The molecule has 0 saturated heterocycles. The summed E-state index contributed by atoms with van der Waals surface area (Å²) in [6.07, 6.45) is 2.84. The molecule has 0 fully saturated rings. The van der Waals surface area contributed by atoms with Gasteiger partial charge in [0, 0.05) is 17.5 Å². The van der Waals surface area contributed by atoms with E-state index >= 15 is 0 Å². The smallest absolute Gasteiger partial charge is 0.137 e. The lowest BCUT2D eigenvalue weighted by atomic mass is 10.2. The average molecular weight is 213 g/mol. The van der Waals surface area contributed by atoms with Crippen LogP contribution in [0, 0.1) is 0 Å². The van der Waals surface area contributed by atoms with Gasteiger partial charge in [0.05, 0.1) is 19.4 Å². The van der Waals surface area contributed by atoms with Crippen molar-refractivity contribution < 1.29 is 9.84 Å². The molecule has 1 atom stereocenters. The number of aliphatic hydroxyl groups excluding tert-OH is 1. The van der Waals surface area contributed by atoms with Gasteiger partial charge < -0.3 is 9.84 Å². The predicted molar refractivity (Wildman–Crippen MR) is 58.7 cm³/mol. The zero-order valence-electron chi connectivity index (χ0n) is 8.43. The quantitative estimate of drug-likeness (QED) is 0.811. The van der Waals surface area contributed by atoms with Crippen molar-refractivity contribution in [1.29, 1.82) is 0 Å². The lowest BCUT2D eigenvalue weighted by molar-refractivity contribution is 0.203. The van der Waals surface area contributed by atoms with Gasteiger partial charge in [-0.25, -0.2) is 0 Å². The van der Waals surface area contributed by atoms with Gasteiger partial charge in [-0.3, -0.25) is 4.98 Å². The van der Waals surface area contributed by atoms with Crippen molar-refractivity contribution >= 4 is 11.8 Å². The maximum absolute atomic E-state index is 9.76. The summed E-state index contributed by atoms with van der Waals surface area (Å²) in [4.78, 5) is 3.99. The topological polar surface area (TPSA) is 42.4 Å². The molecule has 4 heteroatoms. The minimum absolute atomic E-state index is 0.456. The van der Waals surface area contributed by atoms with Crippen LogP contribution >= 0.6 is 11.8 Å². The van der Waals surface area contributed by atoms with E-state index in [9.17, 15) is 5.11 Å². The van der Waals surface area contributed by atoms with Crippen LogP contribution in [-0.2, 0) is 0 Å². The van der Waals surface area contributed by atoms with Crippen LogP contribution in [-0.4, -0.2) is 28.7 Å². The molecule has 1 heterocycles. The number of pyridine rings is 1. The van der Waals surface area contributed by atoms with Gasteiger partial charge in [-0.2, -0.15) is 11.8 Å². The number of aromatic nitrogens is 1. The Morgan fingerprint density at radius 1 is 1.57 bits per heavy atom. The van der Waals surface area contributed by atoms with Gasteiger partial charge in [-0.15, -0.1) is 0 Å². The molecule has 1 unspecified atom stereocenters. The van der Waals surface area contributed by atoms with Crippen LogP contribution in [0.5, 0.6) is 5.75 Å². The van der Waals surface area contributed by atoms with E-state index in [0.717, 1.165) is 11.3 Å². The largest absolute Gasteiger partial charge is 0.495 e. The Balaban J connectivity index is 2.64. The number of ether oxygens (including phenoxy) is 1. The van der Waals surface area contributed by atoms with Crippen LogP contribution in [0.3, 0.4) is 0 Å². The molecule has 0 amide bonds. The molecule has 1 aromatic heterocycles. The highest BCUT2D eigenvalue weighted by molar-refractivity contribution is 7.99. The van der Waals surface area contributed by atoms with E-state index < -0.39 is 6.10 Å². The van der Waals surface area contributed by atoms with Crippen LogP contribution < -0.4 is 4.74 Å². The first kappa shape index (κ1) is 11.3. The van der Waals surface area contributed by atoms with Crippen LogP contribution in [0.25, 0.3) is 0 Å². The molecular formula is C10H15NO2S. The second kappa shape index (κ2) is 5.88. The Morgan fingerprint density at radius 2 is 2.36 bits per heavy atom. The number of hydrogen-bond acceptors (Lipinski definition) is 4. The van der Waals surface area contributed by atoms with E-state index in [1.165, 1.54) is 0 Å². The summed E-state index contributed by atoms with van der Waals surface area (Å²) >= 11 is 1.71. The van der Waals surface area contributed by atoms with Gasteiger partial charge in [0.15, 0.2) is 0 Å². The highest BCUT2D eigenvalue weighted by Crippen LogP contribution is 2.20. The highest BCUT2D eigenvalue weighted by atomic mass is 32.2. The van der Waals surface area contributed by atoms with Gasteiger partial charge in [0.2, 0.25) is 0 Å². The van der Waals surface area contributed by atoms with Crippen molar-refractivity contribution in [3.8, 4) is 5.75 Å². The molecular weight excluding hydrogens is 198 g/mol. The molecule has 3 nitrogen and oxygen atoms in total. The molecule has 0 aromatic carbocycles. The molecule has 0 aliphatic heterocycles. The normalized spacial score (nSPS) is 12.5. The molecule has 14 heavy (non-hydrogen) atoms. The predicted octanol–water partition coefficient (Wildman–Crippen LogP) is 1.88. The van der Waals surface area contributed by atoms with Crippen molar-refractivity contribution in [2.24, 2.45) is 0 Å². The minimum atomic E-state index is -0.456. The molecule has 0 saturated carbocycles. The molecule has 0 radical (unpaired) electrons. The molecule has 1 N–H and O–H groups in total. The summed E-state index contributed by atoms with van der Waals surface area (Å²) in [5, 5.41) is 9.76. The summed E-state index contributed by atoms with van der Waals surface area (Å²) in [6, 6.07) is 1.81. The molecule has 1 aromatic rings. The van der Waals surface area contributed by atoms with E-state index in [0.29, 0.717) is 11.5 Å². The lowest BCUT2D eigenvalue weighted by Gasteiger charge is -2.10. The van der Waals surface area contributed by atoms with Crippen molar-refractivity contribution in [3.05, 3.63) is 24.0 Å². The lowest BCUT2D eigenvalue weighted by Crippen LogP contribution is -2.01. The zero-order chi connectivity index (χ0) is 10.4. The van der Waals surface area contributed by atoms with Crippen molar-refractivity contribution in [2.45, 2.75) is 13.0 Å². The monoisotopic (exact) mass is 213 g/mol. The van der Waals surface area contributed by atoms with Crippen LogP contribution in [0.1, 0.15) is 18.6 Å². The number of methoxy groups -OCH3 is 1. The van der Waals surface area contributed by atoms with Gasteiger partial charge in [0.25, 0.3) is 0 Å². The SMILES string of the molecule is CCSCC(O)c1cncc(OC)c1. The van der Waals surface area contributed by atoms with Crippen molar-refractivity contribution in [2.75, 3.05) is 18.6 Å². The van der Waals surface area contributed by atoms with E-state index in [-0.39, 0.29) is 0 Å². The third kappa shape index (κ3) is 3.20. The van der Waals surface area contributed by atoms with Crippen LogP contribution in [0.15, 0.2) is 18.5 Å². The summed E-state index contributed by atoms with van der Waals surface area (Å²) in [7, 11) is 1.59. The van der Waals surface area contributed by atoms with Crippen LogP contribution in [0.2, 0.25) is 0 Å². The molecule has 1 rings (SSSR count). The maximum atomic E-state index is 9.76. The Hall–Kier alpha value is -0.740. The number of thioether (sulfide) groups is 1. The van der Waals surface area contributed by atoms with Crippen molar-refractivity contribution in [1.82, 2.24) is 4.98 Å². The van der Waals surface area contributed by atoms with Crippen LogP contribution in [0.4, 0.5) is 0 Å². The molecule has 0 bridgehead atoms. The van der Waals surface area contributed by atoms with E-state index in [4.69, 9.17) is 4.74 Å². The van der Waals surface area contributed by atoms with Gasteiger partial charge >= 0.3 is 0 Å². The number of nitrogens with zero attached hydrogens (tertiary/aromatic N) is 1. The number of aliphatic hydroxyl groups is 1. The van der Waals surface area contributed by atoms with E-state index in [2.05, 4.69) is 11.9 Å². The summed E-state index contributed by atoms with van der Waals surface area (Å²) in [5.41, 5.74) is 0.810. The third-order valence-corrected chi connectivity index (χ3v) is 2.79. The molecule has 0 aliphatic carbocycles. The Bertz CT molecular complexity index is 281. The van der Waals surface area contributed by atoms with Crippen molar-refractivity contribution in [3.63, 3.8) is 0 Å². The highest BCUT2D eigenvalue weighted by Gasteiger charge is 2.08. The number of hydrogen-bond donors (Lipinski definition) is 1. The fourth-order valence-electron chi connectivity index (χ4n) is 1.06. The Labute approximate surface area is 88.5 Å². The maximum Gasteiger partial charge on any atom is 0.137 e. The Morgan fingerprint density at radius 3 is 3.00 bits per heavy atom. The Kier molecular flexibility index (Phi) is 4.76. The van der Waals surface area contributed by atoms with Gasteiger partial charge in [-0.05, 0) is 11.8 Å². The van der Waals surface area contributed by atoms with Gasteiger partial charge in [-0.1, -0.05) is 6.92 Å². The first-order valence-corrected chi connectivity index (χ1v) is 5.68. The molecule has 0 spiro atoms. The second-order valence-electron chi connectivity index (χ2n) is 2.83. The minimum Gasteiger partial charge on any atom is -0.495 e. The average Bonchev–Trinajstić information content (AvgIpc) is 2.26. The fraction of sp³-hybridized carbons (Fsp3) is 0.500. The second-order valence-corrected chi connectivity index (χ2v) is 4.15. The van der Waals surface area contributed by atoms with Gasteiger partial charge in [0.1, 0.15) is 5.75 Å². The summed E-state index contributed by atoms with van der Waals surface area (Å²) in [5.74, 6) is 2.39. The van der Waals surface area contributed by atoms with E-state index in [1.807, 2.05) is 6.07 Å². The summed E-state index contributed by atoms with van der Waals surface area (Å²) < 4.78 is 5.03. The summed E-state index contributed by atoms with van der Waals surface area (Å²) in [6.45, 7) is 2.07.